The summed E-state index contributed by atoms with van der Waals surface area (Å²) in [7, 11) is 0. The van der Waals surface area contributed by atoms with Crippen molar-refractivity contribution in [1.82, 2.24) is 0 Å². The van der Waals surface area contributed by atoms with Crippen LogP contribution in [0, 0.1) is 0 Å². The number of carboxylic acids is 1. The second kappa shape index (κ2) is 2.97. The Hall–Kier alpha value is -1.31. The van der Waals surface area contributed by atoms with E-state index < -0.39 is 41.6 Å². The van der Waals surface area contributed by atoms with Gasteiger partial charge in [0.15, 0.2) is 0 Å². The van der Waals surface area contributed by atoms with E-state index in [-0.39, 0.29) is 5.56 Å². The van der Waals surface area contributed by atoms with E-state index in [1.54, 1.807) is 0 Å². The van der Waals surface area contributed by atoms with Gasteiger partial charge in [0, 0.05) is 0 Å². The van der Waals surface area contributed by atoms with Crippen molar-refractivity contribution >= 4 is 5.97 Å². The summed E-state index contributed by atoms with van der Waals surface area (Å²) in [6.07, 6.45) is 0. The third kappa shape index (κ3) is 1.47. The largest absolute Gasteiger partial charge is 0.481 e. The Morgan fingerprint density at radius 3 is 2.33 bits per heavy atom. The fraction of sp³-hybridized carbons (Fsp3) is 0.300. The van der Waals surface area contributed by atoms with Crippen molar-refractivity contribution in [2.24, 2.45) is 0 Å². The molecule has 2 nitrogen and oxygen atoms in total. The first-order valence-corrected chi connectivity index (χ1v) is 3.43. The van der Waals surface area contributed by atoms with Crippen molar-refractivity contribution in [1.29, 1.82) is 0 Å². The van der Waals surface area contributed by atoms with Crippen molar-refractivity contribution in [3.8, 4) is 0 Å². The molecular formula is C10H12O2. The number of carboxylic acid groups (broad SMARTS) is 1. The molecule has 1 N–H and O–H groups in total. The lowest BCUT2D eigenvalue weighted by atomic mass is 9.85. The number of hydrogen-bond acceptors (Lipinski definition) is 1. The lowest BCUT2D eigenvalue weighted by Gasteiger charge is -2.18. The lowest BCUT2D eigenvalue weighted by molar-refractivity contribution is -0.142. The van der Waals surface area contributed by atoms with Gasteiger partial charge in [-0.25, -0.2) is 0 Å². The number of benzene rings is 1. The van der Waals surface area contributed by atoms with E-state index in [1.807, 2.05) is 0 Å². The van der Waals surface area contributed by atoms with Crippen LogP contribution in [-0.2, 0) is 10.2 Å². The van der Waals surface area contributed by atoms with Crippen LogP contribution in [-0.4, -0.2) is 11.1 Å². The Morgan fingerprint density at radius 2 is 1.92 bits per heavy atom. The molecule has 12 heavy (non-hydrogen) atoms. The average molecular weight is 169 g/mol. The highest BCUT2D eigenvalue weighted by Gasteiger charge is 2.28. The van der Waals surface area contributed by atoms with Gasteiger partial charge in [-0.05, 0) is 19.4 Å². The maximum Gasteiger partial charge on any atom is 0.313 e. The summed E-state index contributed by atoms with van der Waals surface area (Å²) in [5.74, 6) is -1.24. The van der Waals surface area contributed by atoms with Crippen LogP contribution in [0.1, 0.15) is 26.3 Å². The van der Waals surface area contributed by atoms with E-state index >= 15 is 0 Å². The second-order valence-electron chi connectivity index (χ2n) is 2.93. The minimum absolute atomic E-state index is 0.198. The minimum atomic E-state index is -1.53. The maximum absolute atomic E-state index is 11.1. The van der Waals surface area contributed by atoms with Crippen LogP contribution >= 0.6 is 0 Å². The van der Waals surface area contributed by atoms with Gasteiger partial charge in [0.2, 0.25) is 0 Å². The van der Waals surface area contributed by atoms with Crippen LogP contribution in [0.15, 0.2) is 30.2 Å². The topological polar surface area (TPSA) is 37.3 Å². The predicted molar refractivity (Wildman–Crippen MR) is 47.1 cm³/mol. The summed E-state index contributed by atoms with van der Waals surface area (Å²) in [4.78, 5) is 11.1. The molecule has 2 heteroatoms. The molecule has 0 radical (unpaired) electrons. The fourth-order valence-electron chi connectivity index (χ4n) is 0.669. The molecule has 0 spiro atoms. The van der Waals surface area contributed by atoms with Crippen LogP contribution in [0.3, 0.4) is 0 Å². The molecule has 0 saturated carbocycles. The van der Waals surface area contributed by atoms with Gasteiger partial charge in [-0.2, -0.15) is 0 Å². The molecule has 0 saturated heterocycles. The number of aliphatic carboxylic acids is 1. The molecule has 0 aliphatic heterocycles. The Bertz CT molecular complexity index is 467. The molecule has 0 aliphatic rings. The smallest absolute Gasteiger partial charge is 0.313 e. The Balaban J connectivity index is 3.72. The summed E-state index contributed by atoms with van der Waals surface area (Å²) in [5.41, 5.74) is -1.73. The standard InChI is InChI=1S/C10H12O2/c1-10(2,9(11)12)8-6-4-3-5-7-8/h3-7H,1-2H3,(H,11,12)/i3D,4D,5D,6D,7D. The molecule has 0 aliphatic carbocycles. The highest BCUT2D eigenvalue weighted by atomic mass is 16.4. The van der Waals surface area contributed by atoms with Crippen molar-refractivity contribution in [2.75, 3.05) is 0 Å². The lowest BCUT2D eigenvalue weighted by Crippen LogP contribution is -2.28. The fourth-order valence-corrected chi connectivity index (χ4v) is 0.669. The van der Waals surface area contributed by atoms with Gasteiger partial charge in [-0.15, -0.1) is 0 Å². The van der Waals surface area contributed by atoms with Crippen LogP contribution in [0.25, 0.3) is 0 Å². The summed E-state index contributed by atoms with van der Waals surface area (Å²) >= 11 is 0. The molecule has 64 valence electrons. The average Bonchev–Trinajstić information content (AvgIpc) is 2.23. The van der Waals surface area contributed by atoms with Gasteiger partial charge >= 0.3 is 5.97 Å². The SMILES string of the molecule is [2H]c1c([2H])c([2H])c(C(C)(C)C(=O)O)c([2H])c1[2H]. The summed E-state index contributed by atoms with van der Waals surface area (Å²) < 4.78 is 37.6. The quantitative estimate of drug-likeness (QED) is 0.735. The van der Waals surface area contributed by atoms with Crippen LogP contribution < -0.4 is 0 Å². The van der Waals surface area contributed by atoms with Crippen molar-refractivity contribution in [2.45, 2.75) is 19.3 Å². The van der Waals surface area contributed by atoms with E-state index in [0.29, 0.717) is 0 Å². The van der Waals surface area contributed by atoms with Gasteiger partial charge in [-0.1, -0.05) is 30.2 Å². The minimum Gasteiger partial charge on any atom is -0.481 e. The highest BCUT2D eigenvalue weighted by Crippen LogP contribution is 2.22. The summed E-state index contributed by atoms with van der Waals surface area (Å²) in [6.45, 7) is 2.62. The Kier molecular flexibility index (Phi) is 1.01. The molecule has 0 aromatic heterocycles. The second-order valence-corrected chi connectivity index (χ2v) is 2.93. The van der Waals surface area contributed by atoms with Crippen LogP contribution in [0.4, 0.5) is 0 Å². The molecule has 0 unspecified atom stereocenters. The molecule has 0 amide bonds. The first-order chi connectivity index (χ1) is 7.62. The molecule has 0 atom stereocenters. The molecule has 0 fully saturated rings. The number of rotatable bonds is 2. The zero-order chi connectivity index (χ0) is 13.5. The Labute approximate surface area is 78.9 Å². The zero-order valence-electron chi connectivity index (χ0n) is 11.9. The first kappa shape index (κ1) is 4.08. The van der Waals surface area contributed by atoms with E-state index in [2.05, 4.69) is 0 Å². The molecule has 1 aromatic carbocycles. The van der Waals surface area contributed by atoms with Crippen molar-refractivity contribution < 1.29 is 16.8 Å². The van der Waals surface area contributed by atoms with Crippen molar-refractivity contribution in [3.05, 3.63) is 35.8 Å². The Morgan fingerprint density at radius 1 is 1.42 bits per heavy atom. The van der Waals surface area contributed by atoms with E-state index in [4.69, 9.17) is 12.0 Å². The molecule has 0 heterocycles. The number of carbonyl (C=O) groups is 1. The van der Waals surface area contributed by atoms with E-state index in [9.17, 15) is 4.79 Å². The van der Waals surface area contributed by atoms with Gasteiger partial charge in [0.25, 0.3) is 0 Å². The monoisotopic (exact) mass is 169 g/mol. The number of hydrogen-bond donors (Lipinski definition) is 1. The van der Waals surface area contributed by atoms with Crippen LogP contribution in [0.2, 0.25) is 0 Å². The van der Waals surface area contributed by atoms with E-state index in [1.165, 1.54) is 13.8 Å². The van der Waals surface area contributed by atoms with Crippen LogP contribution in [0.5, 0.6) is 0 Å². The zero-order valence-corrected chi connectivity index (χ0v) is 6.86. The molecule has 1 aromatic rings. The normalized spacial score (nSPS) is 17.0. The van der Waals surface area contributed by atoms with E-state index in [0.717, 1.165) is 0 Å². The molecule has 1 rings (SSSR count). The third-order valence-corrected chi connectivity index (χ3v) is 1.66. The van der Waals surface area contributed by atoms with Crippen molar-refractivity contribution in [3.63, 3.8) is 0 Å². The third-order valence-electron chi connectivity index (χ3n) is 1.66. The summed E-state index contributed by atoms with van der Waals surface area (Å²) in [5, 5.41) is 9.06. The van der Waals surface area contributed by atoms with Gasteiger partial charge in [-0.3, -0.25) is 4.79 Å². The molecular weight excluding hydrogens is 152 g/mol. The summed E-state index contributed by atoms with van der Waals surface area (Å²) in [6, 6.07) is -2.50. The van der Waals surface area contributed by atoms with Gasteiger partial charge in [0.05, 0.1) is 12.3 Å². The maximum atomic E-state index is 11.1. The molecule has 0 bridgehead atoms. The highest BCUT2D eigenvalue weighted by molar-refractivity contribution is 5.80. The van der Waals surface area contributed by atoms with Gasteiger partial charge < -0.3 is 5.11 Å². The van der Waals surface area contributed by atoms with Gasteiger partial charge in [0.1, 0.15) is 0 Å². The predicted octanol–water partition coefficient (Wildman–Crippen LogP) is 2.05. The first-order valence-electron chi connectivity index (χ1n) is 5.93.